The number of hydrogen-bond acceptors (Lipinski definition) is 5. The van der Waals surface area contributed by atoms with Crippen molar-refractivity contribution in [2.45, 2.75) is 59.8 Å². The molecule has 0 unspecified atom stereocenters. The van der Waals surface area contributed by atoms with Gasteiger partial charge in [0, 0.05) is 18.1 Å². The third-order valence-electron chi connectivity index (χ3n) is 4.51. The maximum Gasteiger partial charge on any atom is 0.336 e. The largest absolute Gasteiger partial charge is 0.507 e. The molecule has 0 radical (unpaired) electrons. The molecule has 146 valence electrons. The van der Waals surface area contributed by atoms with E-state index in [1.807, 2.05) is 27.7 Å². The third kappa shape index (κ3) is 4.41. The van der Waals surface area contributed by atoms with Crippen molar-refractivity contribution in [3.8, 4) is 11.5 Å². The van der Waals surface area contributed by atoms with Crippen LogP contribution in [0, 0.1) is 5.92 Å². The number of allylic oxidation sites excluding steroid dienone is 1. The van der Waals surface area contributed by atoms with Gasteiger partial charge in [-0.1, -0.05) is 32.8 Å². The summed E-state index contributed by atoms with van der Waals surface area (Å²) in [5, 5.41) is 22.0. The molecule has 0 bridgehead atoms. The predicted molar refractivity (Wildman–Crippen MR) is 107 cm³/mol. The molecule has 0 aliphatic heterocycles. The number of rotatable bonds is 8. The molecular formula is C22H28O5. The van der Waals surface area contributed by atoms with E-state index in [2.05, 4.69) is 6.58 Å². The fourth-order valence-electron chi connectivity index (χ4n) is 3.27. The lowest BCUT2D eigenvalue weighted by molar-refractivity contribution is 0.0965. The van der Waals surface area contributed by atoms with Crippen LogP contribution in [-0.2, 0) is 12.8 Å². The second-order valence-corrected chi connectivity index (χ2v) is 7.57. The quantitative estimate of drug-likeness (QED) is 0.391. The standard InChI is InChI=1S/C22H28O5/c1-6-7-14-11-17(24)27-22-18(14)20(25)15(9-8-12(2)3)21(26)19(22)16(23)10-13(4)5/h11,13,25-26H,2,6-10H2,1,3-5H3. The Morgan fingerprint density at radius 1 is 1.22 bits per heavy atom. The number of Topliss-reactive ketones (excluding diaryl/α,β-unsaturated/α-hetero) is 1. The zero-order valence-electron chi connectivity index (χ0n) is 16.5. The predicted octanol–water partition coefficient (Wildman–Crippen LogP) is 4.89. The van der Waals surface area contributed by atoms with Crippen molar-refractivity contribution < 1.29 is 19.4 Å². The minimum absolute atomic E-state index is 0.0109. The van der Waals surface area contributed by atoms with Gasteiger partial charge in [-0.25, -0.2) is 4.79 Å². The zero-order chi connectivity index (χ0) is 20.3. The summed E-state index contributed by atoms with van der Waals surface area (Å²) in [5.74, 6) is -0.660. The van der Waals surface area contributed by atoms with E-state index < -0.39 is 5.63 Å². The van der Waals surface area contributed by atoms with E-state index in [0.717, 1.165) is 12.0 Å². The average molecular weight is 372 g/mol. The summed E-state index contributed by atoms with van der Waals surface area (Å²) >= 11 is 0. The lowest BCUT2D eigenvalue weighted by atomic mass is 9.91. The number of phenolic OH excluding ortho intramolecular Hbond substituents is 2. The summed E-state index contributed by atoms with van der Waals surface area (Å²) in [4.78, 5) is 24.9. The number of ketones is 1. The molecule has 0 amide bonds. The molecule has 0 saturated heterocycles. The van der Waals surface area contributed by atoms with Crippen LogP contribution in [0.4, 0.5) is 0 Å². The number of fused-ring (bicyclic) bond motifs is 1. The number of hydrogen-bond donors (Lipinski definition) is 2. The molecular weight excluding hydrogens is 344 g/mol. The molecule has 1 aromatic heterocycles. The van der Waals surface area contributed by atoms with Crippen LogP contribution in [0.15, 0.2) is 27.4 Å². The van der Waals surface area contributed by atoms with E-state index in [-0.39, 0.29) is 40.8 Å². The van der Waals surface area contributed by atoms with Crippen molar-refractivity contribution in [3.63, 3.8) is 0 Å². The van der Waals surface area contributed by atoms with Crippen molar-refractivity contribution in [2.24, 2.45) is 5.92 Å². The van der Waals surface area contributed by atoms with Crippen molar-refractivity contribution in [1.82, 2.24) is 0 Å². The number of phenols is 2. The Morgan fingerprint density at radius 2 is 1.89 bits per heavy atom. The Balaban J connectivity index is 2.89. The van der Waals surface area contributed by atoms with Crippen molar-refractivity contribution in [2.75, 3.05) is 0 Å². The van der Waals surface area contributed by atoms with Crippen LogP contribution in [0.3, 0.4) is 0 Å². The second kappa shape index (κ2) is 8.42. The Morgan fingerprint density at radius 3 is 2.44 bits per heavy atom. The molecule has 0 aliphatic carbocycles. The van der Waals surface area contributed by atoms with Gasteiger partial charge in [-0.3, -0.25) is 4.79 Å². The van der Waals surface area contributed by atoms with E-state index in [4.69, 9.17) is 4.42 Å². The van der Waals surface area contributed by atoms with Crippen LogP contribution < -0.4 is 5.63 Å². The van der Waals surface area contributed by atoms with Gasteiger partial charge in [-0.05, 0) is 37.7 Å². The average Bonchev–Trinajstić information content (AvgIpc) is 2.53. The molecule has 1 heterocycles. The van der Waals surface area contributed by atoms with Crippen LogP contribution in [0.25, 0.3) is 11.0 Å². The monoisotopic (exact) mass is 372 g/mol. The van der Waals surface area contributed by atoms with Gasteiger partial charge in [0.25, 0.3) is 0 Å². The molecule has 0 atom stereocenters. The molecule has 2 N–H and O–H groups in total. The van der Waals surface area contributed by atoms with Crippen LogP contribution in [0.2, 0.25) is 0 Å². The number of benzene rings is 1. The molecule has 0 fully saturated rings. The number of aromatic hydroxyl groups is 2. The summed E-state index contributed by atoms with van der Waals surface area (Å²) in [6.45, 7) is 11.5. The topological polar surface area (TPSA) is 87.7 Å². The molecule has 0 aliphatic rings. The van der Waals surface area contributed by atoms with Gasteiger partial charge in [0.1, 0.15) is 17.1 Å². The summed E-state index contributed by atoms with van der Waals surface area (Å²) in [7, 11) is 0. The first-order valence-electron chi connectivity index (χ1n) is 9.38. The van der Waals surface area contributed by atoms with Crippen LogP contribution in [0.5, 0.6) is 11.5 Å². The van der Waals surface area contributed by atoms with E-state index in [9.17, 15) is 19.8 Å². The van der Waals surface area contributed by atoms with Gasteiger partial charge in [0.2, 0.25) is 0 Å². The highest BCUT2D eigenvalue weighted by molar-refractivity contribution is 6.11. The molecule has 2 rings (SSSR count). The number of carbonyl (C=O) groups excluding carboxylic acids is 1. The normalized spacial score (nSPS) is 11.3. The van der Waals surface area contributed by atoms with E-state index in [1.54, 1.807) is 0 Å². The summed E-state index contributed by atoms with van der Waals surface area (Å²) in [5.41, 5.74) is 1.18. The fraction of sp³-hybridized carbons (Fsp3) is 0.455. The molecule has 5 heteroatoms. The van der Waals surface area contributed by atoms with Crippen LogP contribution in [-0.4, -0.2) is 16.0 Å². The Labute approximate surface area is 159 Å². The third-order valence-corrected chi connectivity index (χ3v) is 4.51. The lowest BCUT2D eigenvalue weighted by Gasteiger charge is -2.17. The highest BCUT2D eigenvalue weighted by Gasteiger charge is 2.27. The van der Waals surface area contributed by atoms with Gasteiger partial charge >= 0.3 is 5.63 Å². The Kier molecular flexibility index (Phi) is 6.47. The van der Waals surface area contributed by atoms with Gasteiger partial charge < -0.3 is 14.6 Å². The highest BCUT2D eigenvalue weighted by Crippen LogP contribution is 2.42. The number of carbonyl (C=O) groups is 1. The van der Waals surface area contributed by atoms with Crippen LogP contribution in [0.1, 0.15) is 68.4 Å². The van der Waals surface area contributed by atoms with E-state index in [1.165, 1.54) is 6.07 Å². The van der Waals surface area contributed by atoms with Gasteiger partial charge in [-0.15, -0.1) is 6.58 Å². The van der Waals surface area contributed by atoms with Crippen molar-refractivity contribution in [1.29, 1.82) is 0 Å². The first kappa shape index (κ1) is 20.7. The first-order valence-corrected chi connectivity index (χ1v) is 9.38. The second-order valence-electron chi connectivity index (χ2n) is 7.57. The molecule has 27 heavy (non-hydrogen) atoms. The SMILES string of the molecule is C=C(C)CCc1c(O)c(C(=O)CC(C)C)c2oc(=O)cc(CCC)c2c1O. The first-order chi connectivity index (χ1) is 12.7. The van der Waals surface area contributed by atoms with Crippen LogP contribution >= 0.6 is 0 Å². The molecule has 0 spiro atoms. The molecule has 0 saturated carbocycles. The smallest absolute Gasteiger partial charge is 0.336 e. The van der Waals surface area contributed by atoms with E-state index in [0.29, 0.717) is 35.8 Å². The minimum Gasteiger partial charge on any atom is -0.507 e. The summed E-state index contributed by atoms with van der Waals surface area (Å²) < 4.78 is 5.31. The molecule has 5 nitrogen and oxygen atoms in total. The Bertz CT molecular complexity index is 934. The maximum atomic E-state index is 12.9. The zero-order valence-corrected chi connectivity index (χ0v) is 16.5. The van der Waals surface area contributed by atoms with Crippen molar-refractivity contribution >= 4 is 16.8 Å². The number of aryl methyl sites for hydroxylation is 1. The minimum atomic E-state index is -0.599. The maximum absolute atomic E-state index is 12.9. The summed E-state index contributed by atoms with van der Waals surface area (Å²) in [6.07, 6.45) is 2.42. The van der Waals surface area contributed by atoms with Crippen molar-refractivity contribution in [3.05, 3.63) is 45.3 Å². The van der Waals surface area contributed by atoms with Gasteiger partial charge in [0.05, 0.1) is 5.39 Å². The lowest BCUT2D eigenvalue weighted by Crippen LogP contribution is -2.10. The highest BCUT2D eigenvalue weighted by atomic mass is 16.4. The van der Waals surface area contributed by atoms with Gasteiger partial charge in [-0.2, -0.15) is 0 Å². The fourth-order valence-corrected chi connectivity index (χ4v) is 3.27. The van der Waals surface area contributed by atoms with Gasteiger partial charge in [0.15, 0.2) is 11.4 Å². The molecule has 1 aromatic carbocycles. The Hall–Kier alpha value is -2.56. The van der Waals surface area contributed by atoms with E-state index >= 15 is 0 Å². The molecule has 2 aromatic rings. The summed E-state index contributed by atoms with van der Waals surface area (Å²) in [6, 6.07) is 1.35.